The zero-order valence-electron chi connectivity index (χ0n) is 18.2. The first-order chi connectivity index (χ1) is 15.1. The summed E-state index contributed by atoms with van der Waals surface area (Å²) in [5.74, 6) is 0.473. The molecule has 5 heteroatoms. The number of nitrogens with zero attached hydrogens (tertiary/aromatic N) is 2. The van der Waals surface area contributed by atoms with E-state index in [2.05, 4.69) is 15.5 Å². The van der Waals surface area contributed by atoms with Gasteiger partial charge in [-0.05, 0) is 62.8 Å². The van der Waals surface area contributed by atoms with Crippen molar-refractivity contribution < 1.29 is 9.59 Å². The van der Waals surface area contributed by atoms with Crippen LogP contribution in [0, 0.1) is 11.8 Å². The number of amides is 1. The number of Topliss-reactive ketones (excluding diaryl/α,β-unsaturated/α-hetero) is 1. The maximum Gasteiger partial charge on any atom is 0.289 e. The Balaban J connectivity index is 1.28. The number of carbonyl (C=O) groups excluding carboxylic acids is 2. The highest BCUT2D eigenvalue weighted by molar-refractivity contribution is 6.44. The topological polar surface area (TPSA) is 68.3 Å². The molecule has 4 unspecified atom stereocenters. The predicted octanol–water partition coefficient (Wildman–Crippen LogP) is 4.45. The largest absolute Gasteiger partial charge is 0.363 e. The molecular weight excluding hydrogens is 386 g/mol. The third-order valence-electron chi connectivity index (χ3n) is 8.89. The van der Waals surface area contributed by atoms with E-state index in [9.17, 15) is 9.59 Å². The maximum absolute atomic E-state index is 12.5. The van der Waals surface area contributed by atoms with Crippen molar-refractivity contribution in [2.24, 2.45) is 17.6 Å². The second-order valence-electron chi connectivity index (χ2n) is 10.6. The van der Waals surface area contributed by atoms with E-state index in [0.717, 1.165) is 41.6 Å². The van der Waals surface area contributed by atoms with Crippen LogP contribution >= 0.6 is 0 Å². The zero-order chi connectivity index (χ0) is 21.1. The van der Waals surface area contributed by atoms with Gasteiger partial charge in [0.2, 0.25) is 0 Å². The van der Waals surface area contributed by atoms with Gasteiger partial charge >= 0.3 is 0 Å². The number of aromatic nitrogens is 1. The number of benzene rings is 1. The molecule has 2 aliphatic heterocycles. The molecule has 6 rings (SSSR count). The van der Waals surface area contributed by atoms with Gasteiger partial charge in [-0.3, -0.25) is 14.5 Å². The van der Waals surface area contributed by atoms with Crippen molar-refractivity contribution in [3.05, 3.63) is 36.0 Å². The lowest BCUT2D eigenvalue weighted by Gasteiger charge is -2.49. The molecule has 164 valence electrons. The summed E-state index contributed by atoms with van der Waals surface area (Å²) in [7, 11) is 0. The Morgan fingerprint density at radius 1 is 0.806 bits per heavy atom. The molecule has 2 aromatic rings. The van der Waals surface area contributed by atoms with Crippen LogP contribution < -0.4 is 5.73 Å². The van der Waals surface area contributed by atoms with Gasteiger partial charge in [0.1, 0.15) is 0 Å². The molecule has 1 aromatic carbocycles. The number of piperidine rings is 1. The molecule has 5 atom stereocenters. The summed E-state index contributed by atoms with van der Waals surface area (Å²) in [6.45, 7) is 0. The summed E-state index contributed by atoms with van der Waals surface area (Å²) in [5.41, 5.74) is 6.85. The molecule has 2 saturated carbocycles. The van der Waals surface area contributed by atoms with E-state index in [-0.39, 0.29) is 0 Å². The van der Waals surface area contributed by atoms with Gasteiger partial charge in [-0.2, -0.15) is 0 Å². The van der Waals surface area contributed by atoms with E-state index in [1.165, 1.54) is 51.4 Å². The van der Waals surface area contributed by atoms with Gasteiger partial charge in [0.25, 0.3) is 11.7 Å². The Morgan fingerprint density at radius 3 is 2.16 bits per heavy atom. The summed E-state index contributed by atoms with van der Waals surface area (Å²) >= 11 is 0. The lowest BCUT2D eigenvalue weighted by atomic mass is 9.69. The third kappa shape index (κ3) is 3.24. The third-order valence-corrected chi connectivity index (χ3v) is 8.89. The quantitative estimate of drug-likeness (QED) is 0.588. The molecule has 3 heterocycles. The summed E-state index contributed by atoms with van der Waals surface area (Å²) in [4.78, 5) is 27.0. The molecule has 31 heavy (non-hydrogen) atoms. The van der Waals surface area contributed by atoms with Crippen LogP contribution in [-0.2, 0) is 4.79 Å². The van der Waals surface area contributed by atoms with Crippen LogP contribution in [0.1, 0.15) is 80.6 Å². The molecule has 0 radical (unpaired) electrons. The lowest BCUT2D eigenvalue weighted by Crippen LogP contribution is -2.52. The van der Waals surface area contributed by atoms with Crippen LogP contribution in [-0.4, -0.2) is 39.3 Å². The van der Waals surface area contributed by atoms with Crippen molar-refractivity contribution in [3.8, 4) is 0 Å². The summed E-state index contributed by atoms with van der Waals surface area (Å²) in [5, 5.41) is 0.848. The van der Waals surface area contributed by atoms with E-state index >= 15 is 0 Å². The van der Waals surface area contributed by atoms with Crippen LogP contribution in [0.5, 0.6) is 0 Å². The fraction of sp³-hybridized carbons (Fsp3) is 0.615. The van der Waals surface area contributed by atoms with E-state index in [4.69, 9.17) is 5.73 Å². The van der Waals surface area contributed by atoms with Gasteiger partial charge in [0, 0.05) is 41.3 Å². The minimum absolute atomic E-state index is 0.385. The highest BCUT2D eigenvalue weighted by Gasteiger charge is 2.47. The van der Waals surface area contributed by atoms with Gasteiger partial charge in [-0.1, -0.05) is 37.5 Å². The molecule has 2 saturated heterocycles. The molecule has 4 fully saturated rings. The van der Waals surface area contributed by atoms with Gasteiger partial charge in [-0.25, -0.2) is 0 Å². The molecule has 2 aliphatic carbocycles. The number of rotatable bonds is 4. The second-order valence-corrected chi connectivity index (χ2v) is 10.6. The summed E-state index contributed by atoms with van der Waals surface area (Å²) in [6.07, 6.45) is 15.5. The molecular formula is C26H33N3O2. The number of nitrogens with two attached hydrogens (primary N) is 1. The number of carbonyl (C=O) groups is 2. The normalized spacial score (nSPS) is 35.4. The number of hydrogen-bond acceptors (Lipinski definition) is 3. The van der Waals surface area contributed by atoms with Crippen molar-refractivity contribution >= 4 is 22.6 Å². The van der Waals surface area contributed by atoms with Crippen LogP contribution in [0.25, 0.3) is 10.9 Å². The number of para-hydroxylation sites is 1. The van der Waals surface area contributed by atoms with Crippen LogP contribution in [0.3, 0.4) is 0 Å². The Hall–Kier alpha value is -2.14. The fourth-order valence-corrected chi connectivity index (χ4v) is 7.77. The second kappa shape index (κ2) is 7.47. The Kier molecular flexibility index (Phi) is 4.71. The van der Waals surface area contributed by atoms with Crippen molar-refractivity contribution in [1.82, 2.24) is 9.47 Å². The first-order valence-electron chi connectivity index (χ1n) is 12.3. The van der Waals surface area contributed by atoms with Crippen molar-refractivity contribution in [2.45, 2.75) is 88.4 Å². The Labute approximate surface area is 184 Å². The summed E-state index contributed by atoms with van der Waals surface area (Å²) < 4.78 is 2.28. The zero-order valence-corrected chi connectivity index (χ0v) is 18.2. The van der Waals surface area contributed by atoms with Crippen molar-refractivity contribution in [3.63, 3.8) is 0 Å². The molecule has 1 amide bonds. The standard InChI is InChI=1S/C26H33N3O2/c27-26(31)25(30)23-15-28(24-7-2-1-6-22(23)24)20-13-18-8-9-19(14-20)29(18)21-11-16-4-3-5-17(10-16)12-21/h1-2,6-7,15-21H,3-5,8-14H2,(H2,27,31)/t16?,17?,18-,19?,20?,21?/m0/s1. The van der Waals surface area contributed by atoms with Gasteiger partial charge in [0.05, 0.1) is 5.56 Å². The van der Waals surface area contributed by atoms with E-state index in [1.807, 2.05) is 24.4 Å². The minimum Gasteiger partial charge on any atom is -0.363 e. The average molecular weight is 420 g/mol. The first kappa shape index (κ1) is 19.5. The summed E-state index contributed by atoms with van der Waals surface area (Å²) in [6, 6.07) is 10.4. The van der Waals surface area contributed by atoms with E-state index in [0.29, 0.717) is 23.7 Å². The maximum atomic E-state index is 12.5. The smallest absolute Gasteiger partial charge is 0.289 e. The predicted molar refractivity (Wildman–Crippen MR) is 121 cm³/mol. The molecule has 2 N–H and O–H groups in total. The van der Waals surface area contributed by atoms with E-state index in [1.54, 1.807) is 0 Å². The van der Waals surface area contributed by atoms with Crippen molar-refractivity contribution in [2.75, 3.05) is 0 Å². The lowest BCUT2D eigenvalue weighted by molar-refractivity contribution is -0.114. The Morgan fingerprint density at radius 2 is 1.48 bits per heavy atom. The molecule has 5 nitrogen and oxygen atoms in total. The SMILES string of the molecule is NC(=O)C(=O)c1cn(C2CC3CC[C@@H](C2)N3C2CC3CCCC(C3)C2)c2ccccc12. The number of fused-ring (bicyclic) bond motifs is 5. The highest BCUT2D eigenvalue weighted by atomic mass is 16.2. The van der Waals surface area contributed by atoms with E-state index < -0.39 is 11.7 Å². The Bertz CT molecular complexity index is 1000. The molecule has 0 spiro atoms. The van der Waals surface area contributed by atoms with Gasteiger partial charge in [-0.15, -0.1) is 0 Å². The van der Waals surface area contributed by atoms with Gasteiger partial charge < -0.3 is 10.3 Å². The highest BCUT2D eigenvalue weighted by Crippen LogP contribution is 2.48. The fourth-order valence-electron chi connectivity index (χ4n) is 7.77. The van der Waals surface area contributed by atoms with Gasteiger partial charge in [0.15, 0.2) is 0 Å². The number of ketones is 1. The molecule has 1 aromatic heterocycles. The van der Waals surface area contributed by atoms with Crippen LogP contribution in [0.2, 0.25) is 0 Å². The first-order valence-corrected chi connectivity index (χ1v) is 12.3. The number of primary amides is 1. The van der Waals surface area contributed by atoms with Crippen molar-refractivity contribution in [1.29, 1.82) is 0 Å². The minimum atomic E-state index is -0.874. The number of hydrogen-bond donors (Lipinski definition) is 1. The van der Waals surface area contributed by atoms with Crippen LogP contribution in [0.15, 0.2) is 30.5 Å². The molecule has 4 bridgehead atoms. The average Bonchev–Trinajstić information content (AvgIpc) is 3.28. The molecule has 4 aliphatic rings. The van der Waals surface area contributed by atoms with Crippen LogP contribution in [0.4, 0.5) is 0 Å². The monoisotopic (exact) mass is 419 g/mol.